The Morgan fingerprint density at radius 1 is 1.86 bits per heavy atom. The van der Waals surface area contributed by atoms with Crippen LogP contribution in [0.15, 0.2) is 5.18 Å². The van der Waals surface area contributed by atoms with Gasteiger partial charge in [0, 0.05) is 0 Å². The van der Waals surface area contributed by atoms with Gasteiger partial charge in [-0.2, -0.15) is 0 Å². The molecular weight excluding hydrogens is 96.0 g/mol. The summed E-state index contributed by atoms with van der Waals surface area (Å²) in [6, 6.07) is -0.889. The van der Waals surface area contributed by atoms with Crippen molar-refractivity contribution < 1.29 is 4.79 Å². The van der Waals surface area contributed by atoms with E-state index >= 15 is 0 Å². The molecule has 0 aliphatic carbocycles. The number of carbonyl (C=O) groups excluding carboxylic acids is 1. The molecule has 0 radical (unpaired) electrons. The summed E-state index contributed by atoms with van der Waals surface area (Å²) in [5, 5.41) is 2.36. The Balaban J connectivity index is 3.55. The molecule has 0 saturated carbocycles. The van der Waals surface area contributed by atoms with Crippen LogP contribution < -0.4 is 5.73 Å². The summed E-state index contributed by atoms with van der Waals surface area (Å²) in [7, 11) is 0. The number of hydrogen-bond acceptors (Lipinski definition) is 3. The van der Waals surface area contributed by atoms with Gasteiger partial charge in [-0.15, -0.1) is 4.91 Å². The molecule has 0 aliphatic heterocycles. The van der Waals surface area contributed by atoms with Crippen molar-refractivity contribution in [3.05, 3.63) is 4.91 Å². The van der Waals surface area contributed by atoms with Gasteiger partial charge in [0.1, 0.15) is 0 Å². The van der Waals surface area contributed by atoms with Gasteiger partial charge < -0.3 is 5.73 Å². The van der Waals surface area contributed by atoms with Crippen molar-refractivity contribution in [2.24, 2.45) is 10.9 Å². The molecule has 0 aromatic rings. The van der Waals surface area contributed by atoms with Crippen molar-refractivity contribution >= 4 is 5.91 Å². The highest BCUT2D eigenvalue weighted by Crippen LogP contribution is 1.81. The smallest absolute Gasteiger partial charge is 0.245 e. The quantitative estimate of drug-likeness (QED) is 0.483. The van der Waals surface area contributed by atoms with E-state index in [0.29, 0.717) is 0 Å². The van der Waals surface area contributed by atoms with E-state index in [1.807, 2.05) is 0 Å². The second-order valence-corrected chi connectivity index (χ2v) is 1.18. The minimum atomic E-state index is -0.889. The highest BCUT2D eigenvalue weighted by atomic mass is 16.3. The van der Waals surface area contributed by atoms with Crippen LogP contribution in [0, 0.1) is 4.91 Å². The largest absolute Gasteiger partial charge is 0.368 e. The minimum absolute atomic E-state index is 0.685. The van der Waals surface area contributed by atoms with Gasteiger partial charge in [-0.05, 0) is 6.92 Å². The SMILES string of the molecule is C[C@H](N=O)C(N)=O. The number of nitrogens with two attached hydrogens (primary N) is 1. The summed E-state index contributed by atoms with van der Waals surface area (Å²) in [6.07, 6.45) is 0. The van der Waals surface area contributed by atoms with Crippen molar-refractivity contribution in [3.63, 3.8) is 0 Å². The normalized spacial score (nSPS) is 12.7. The van der Waals surface area contributed by atoms with E-state index in [0.717, 1.165) is 0 Å². The number of amides is 1. The molecule has 0 spiro atoms. The average molecular weight is 102 g/mol. The number of hydrogen-bond donors (Lipinski definition) is 1. The molecule has 0 bridgehead atoms. The fraction of sp³-hybridized carbons (Fsp3) is 0.667. The Morgan fingerprint density at radius 3 is 2.29 bits per heavy atom. The van der Waals surface area contributed by atoms with Gasteiger partial charge in [-0.3, -0.25) is 4.79 Å². The minimum Gasteiger partial charge on any atom is -0.368 e. The molecule has 1 amide bonds. The number of carbonyl (C=O) groups is 1. The summed E-state index contributed by atoms with van der Waals surface area (Å²) >= 11 is 0. The number of rotatable bonds is 2. The van der Waals surface area contributed by atoms with Crippen LogP contribution in [0.4, 0.5) is 0 Å². The maximum absolute atomic E-state index is 9.86. The zero-order valence-corrected chi connectivity index (χ0v) is 3.92. The Kier molecular flexibility index (Phi) is 1.98. The molecule has 0 aliphatic rings. The van der Waals surface area contributed by atoms with Crippen LogP contribution >= 0.6 is 0 Å². The fourth-order valence-corrected chi connectivity index (χ4v) is 0.0519. The van der Waals surface area contributed by atoms with E-state index in [1.54, 1.807) is 0 Å². The van der Waals surface area contributed by atoms with Crippen LogP contribution in [0.2, 0.25) is 0 Å². The fourth-order valence-electron chi connectivity index (χ4n) is 0.0519. The lowest BCUT2D eigenvalue weighted by atomic mass is 10.4. The second kappa shape index (κ2) is 2.28. The van der Waals surface area contributed by atoms with Crippen LogP contribution in [0.25, 0.3) is 0 Å². The Morgan fingerprint density at radius 2 is 2.29 bits per heavy atom. The van der Waals surface area contributed by atoms with Gasteiger partial charge in [-0.1, -0.05) is 5.18 Å². The van der Waals surface area contributed by atoms with Crippen LogP contribution in [-0.4, -0.2) is 11.9 Å². The van der Waals surface area contributed by atoms with Crippen molar-refractivity contribution in [2.75, 3.05) is 0 Å². The molecule has 0 fully saturated rings. The lowest BCUT2D eigenvalue weighted by Crippen LogP contribution is -2.22. The molecular formula is C3H6N2O2. The Bertz CT molecular complexity index is 90.9. The summed E-state index contributed by atoms with van der Waals surface area (Å²) in [5.41, 5.74) is 4.61. The molecule has 2 N–H and O–H groups in total. The van der Waals surface area contributed by atoms with Gasteiger partial charge in [0.25, 0.3) is 0 Å². The highest BCUT2D eigenvalue weighted by molar-refractivity contribution is 5.79. The zero-order chi connectivity index (χ0) is 5.86. The van der Waals surface area contributed by atoms with Crippen molar-refractivity contribution in [1.82, 2.24) is 0 Å². The van der Waals surface area contributed by atoms with Gasteiger partial charge in [0.05, 0.1) is 0 Å². The van der Waals surface area contributed by atoms with Crippen LogP contribution in [0.1, 0.15) is 6.92 Å². The molecule has 40 valence electrons. The summed E-state index contributed by atoms with van der Waals surface area (Å²) in [6.45, 7) is 1.34. The first-order chi connectivity index (χ1) is 3.18. The molecule has 7 heavy (non-hydrogen) atoms. The predicted octanol–water partition coefficient (Wildman–Crippen LogP) is -0.373. The molecule has 0 rings (SSSR count). The van der Waals surface area contributed by atoms with Crippen molar-refractivity contribution in [1.29, 1.82) is 0 Å². The number of nitroso groups, excluding NO2 is 1. The van der Waals surface area contributed by atoms with E-state index in [2.05, 4.69) is 10.9 Å². The van der Waals surface area contributed by atoms with Crippen molar-refractivity contribution in [3.8, 4) is 0 Å². The third-order valence-corrected chi connectivity index (χ3v) is 0.570. The third kappa shape index (κ3) is 1.86. The molecule has 0 saturated heterocycles. The number of primary amides is 1. The molecule has 4 heteroatoms. The summed E-state index contributed by atoms with van der Waals surface area (Å²) < 4.78 is 0. The van der Waals surface area contributed by atoms with E-state index in [9.17, 15) is 9.70 Å². The van der Waals surface area contributed by atoms with E-state index in [1.165, 1.54) is 6.92 Å². The molecule has 0 aromatic carbocycles. The highest BCUT2D eigenvalue weighted by Gasteiger charge is 2.04. The van der Waals surface area contributed by atoms with E-state index in [-0.39, 0.29) is 0 Å². The summed E-state index contributed by atoms with van der Waals surface area (Å²) in [5.74, 6) is -0.685. The average Bonchev–Trinajstić information content (AvgIpc) is 1.65. The van der Waals surface area contributed by atoms with Gasteiger partial charge in [0.15, 0.2) is 6.04 Å². The Labute approximate surface area is 40.7 Å². The van der Waals surface area contributed by atoms with Crippen LogP contribution in [-0.2, 0) is 4.79 Å². The molecule has 0 unspecified atom stereocenters. The predicted molar refractivity (Wildman–Crippen MR) is 24.5 cm³/mol. The topological polar surface area (TPSA) is 72.5 Å². The first kappa shape index (κ1) is 6.07. The maximum atomic E-state index is 9.86. The third-order valence-electron chi connectivity index (χ3n) is 0.570. The summed E-state index contributed by atoms with van der Waals surface area (Å²) in [4.78, 5) is 19.3. The van der Waals surface area contributed by atoms with Crippen LogP contribution in [0.5, 0.6) is 0 Å². The van der Waals surface area contributed by atoms with Gasteiger partial charge in [-0.25, -0.2) is 0 Å². The Hall–Kier alpha value is -0.930. The van der Waals surface area contributed by atoms with E-state index in [4.69, 9.17) is 0 Å². The monoisotopic (exact) mass is 102 g/mol. The molecule has 4 nitrogen and oxygen atoms in total. The maximum Gasteiger partial charge on any atom is 0.245 e. The van der Waals surface area contributed by atoms with Crippen molar-refractivity contribution in [2.45, 2.75) is 13.0 Å². The van der Waals surface area contributed by atoms with Gasteiger partial charge in [0.2, 0.25) is 5.91 Å². The second-order valence-electron chi connectivity index (χ2n) is 1.18. The standard InChI is InChI=1S/C3H6N2O2/c1-2(5-7)3(4)6/h2H,1H3,(H2,4,6)/t2-/m0/s1. The first-order valence-electron chi connectivity index (χ1n) is 1.80. The van der Waals surface area contributed by atoms with E-state index < -0.39 is 11.9 Å². The number of nitrogens with zero attached hydrogens (tertiary/aromatic N) is 1. The van der Waals surface area contributed by atoms with Crippen LogP contribution in [0.3, 0.4) is 0 Å². The molecule has 0 heterocycles. The van der Waals surface area contributed by atoms with Gasteiger partial charge >= 0.3 is 0 Å². The first-order valence-corrected chi connectivity index (χ1v) is 1.80. The zero-order valence-electron chi connectivity index (χ0n) is 3.92. The molecule has 1 atom stereocenters. The lowest BCUT2D eigenvalue weighted by Gasteiger charge is -1.88. The lowest BCUT2D eigenvalue weighted by molar-refractivity contribution is -0.118. The molecule has 0 aromatic heterocycles.